The maximum atomic E-state index is 12.4. The Bertz CT molecular complexity index is 354. The van der Waals surface area contributed by atoms with E-state index in [-0.39, 0.29) is 0 Å². The highest BCUT2D eigenvalue weighted by atomic mass is 19.4. The van der Waals surface area contributed by atoms with Crippen LogP contribution in [0.1, 0.15) is 32.8 Å². The fourth-order valence-corrected chi connectivity index (χ4v) is 1.96. The maximum Gasteiger partial charge on any atom is 0.416 e. The van der Waals surface area contributed by atoms with Gasteiger partial charge in [0.15, 0.2) is 0 Å². The Hall–Kier alpha value is -1.19. The first-order valence-corrected chi connectivity index (χ1v) is 6.20. The molecule has 0 radical (unpaired) electrons. The summed E-state index contributed by atoms with van der Waals surface area (Å²) in [6, 6.07) is 5.17. The van der Waals surface area contributed by atoms with Crippen molar-refractivity contribution in [2.75, 3.05) is 11.9 Å². The van der Waals surface area contributed by atoms with E-state index in [1.807, 2.05) is 0 Å². The van der Waals surface area contributed by atoms with Crippen LogP contribution in [0.5, 0.6) is 0 Å². The zero-order valence-electron chi connectivity index (χ0n) is 11.0. The van der Waals surface area contributed by atoms with Crippen LogP contribution in [-0.4, -0.2) is 6.54 Å². The highest BCUT2D eigenvalue weighted by Gasteiger charge is 2.29. The molecule has 0 bridgehead atoms. The lowest BCUT2D eigenvalue weighted by molar-refractivity contribution is -0.137. The van der Waals surface area contributed by atoms with E-state index in [1.165, 1.54) is 12.1 Å². The number of hydrogen-bond acceptors (Lipinski definition) is 1. The largest absolute Gasteiger partial charge is 0.416 e. The average Bonchev–Trinajstić information content (AvgIpc) is 2.25. The molecule has 0 heterocycles. The van der Waals surface area contributed by atoms with Gasteiger partial charge in [-0.15, -0.1) is 0 Å². The van der Waals surface area contributed by atoms with E-state index in [0.29, 0.717) is 11.8 Å². The Labute approximate surface area is 106 Å². The molecule has 0 amide bonds. The fraction of sp³-hybridized carbons (Fsp3) is 0.571. The summed E-state index contributed by atoms with van der Waals surface area (Å²) in [5.41, 5.74) is 0.127. The Morgan fingerprint density at radius 2 is 1.61 bits per heavy atom. The second-order valence-corrected chi connectivity index (χ2v) is 5.19. The van der Waals surface area contributed by atoms with Crippen LogP contribution >= 0.6 is 0 Å². The van der Waals surface area contributed by atoms with Crippen molar-refractivity contribution in [1.82, 2.24) is 0 Å². The molecule has 0 saturated heterocycles. The molecular formula is C14H20F3N. The number of anilines is 1. The molecule has 0 saturated carbocycles. The van der Waals surface area contributed by atoms with Crippen LogP contribution in [0.15, 0.2) is 24.3 Å². The minimum Gasteiger partial charge on any atom is -0.385 e. The van der Waals surface area contributed by atoms with Crippen molar-refractivity contribution in [2.24, 2.45) is 11.8 Å². The van der Waals surface area contributed by atoms with Gasteiger partial charge in [-0.05, 0) is 42.5 Å². The van der Waals surface area contributed by atoms with Crippen LogP contribution in [0.4, 0.5) is 18.9 Å². The number of benzene rings is 1. The third kappa shape index (κ3) is 4.98. The Balaban J connectivity index is 2.49. The molecule has 102 valence electrons. The monoisotopic (exact) mass is 259 g/mol. The number of nitrogens with one attached hydrogen (secondary N) is 1. The average molecular weight is 259 g/mol. The first kappa shape index (κ1) is 14.9. The van der Waals surface area contributed by atoms with Gasteiger partial charge in [0.25, 0.3) is 0 Å². The smallest absolute Gasteiger partial charge is 0.385 e. The summed E-state index contributed by atoms with van der Waals surface area (Å²) < 4.78 is 37.1. The van der Waals surface area contributed by atoms with E-state index >= 15 is 0 Å². The molecule has 0 aliphatic carbocycles. The molecule has 1 N–H and O–H groups in total. The summed E-state index contributed by atoms with van der Waals surface area (Å²) in [5.74, 6) is 1.14. The number of rotatable bonds is 5. The summed E-state index contributed by atoms with van der Waals surface area (Å²) in [4.78, 5) is 0. The number of alkyl halides is 3. The SMILES string of the molecule is CC(C)CC(C)CNc1ccc(C(F)(F)F)cc1. The molecule has 1 nitrogen and oxygen atoms in total. The molecule has 0 fully saturated rings. The molecule has 1 rings (SSSR count). The van der Waals surface area contributed by atoms with Gasteiger partial charge in [0.1, 0.15) is 0 Å². The molecule has 1 unspecified atom stereocenters. The lowest BCUT2D eigenvalue weighted by Crippen LogP contribution is -2.13. The molecule has 18 heavy (non-hydrogen) atoms. The number of halogens is 3. The topological polar surface area (TPSA) is 12.0 Å². The van der Waals surface area contributed by atoms with Crippen LogP contribution in [0.2, 0.25) is 0 Å². The van der Waals surface area contributed by atoms with E-state index in [4.69, 9.17) is 0 Å². The van der Waals surface area contributed by atoms with E-state index < -0.39 is 11.7 Å². The summed E-state index contributed by atoms with van der Waals surface area (Å²) >= 11 is 0. The van der Waals surface area contributed by atoms with Crippen molar-refractivity contribution in [3.8, 4) is 0 Å². The van der Waals surface area contributed by atoms with Crippen molar-refractivity contribution < 1.29 is 13.2 Å². The molecule has 1 aromatic carbocycles. The highest BCUT2D eigenvalue weighted by molar-refractivity contribution is 5.45. The second kappa shape index (κ2) is 6.12. The summed E-state index contributed by atoms with van der Waals surface area (Å²) in [6.45, 7) is 7.24. The predicted molar refractivity (Wildman–Crippen MR) is 68.6 cm³/mol. The molecule has 0 aliphatic rings. The maximum absolute atomic E-state index is 12.4. The van der Waals surface area contributed by atoms with E-state index in [9.17, 15) is 13.2 Å². The van der Waals surface area contributed by atoms with Gasteiger partial charge < -0.3 is 5.32 Å². The van der Waals surface area contributed by atoms with Crippen LogP contribution < -0.4 is 5.32 Å². The van der Waals surface area contributed by atoms with Crippen molar-refractivity contribution >= 4 is 5.69 Å². The lowest BCUT2D eigenvalue weighted by Gasteiger charge is -2.16. The van der Waals surface area contributed by atoms with Crippen LogP contribution in [0, 0.1) is 11.8 Å². The molecule has 0 aromatic heterocycles. The van der Waals surface area contributed by atoms with Crippen molar-refractivity contribution in [3.63, 3.8) is 0 Å². The normalized spacial score (nSPS) is 13.7. The molecule has 0 spiro atoms. The standard InChI is InChI=1S/C14H20F3N/c1-10(2)8-11(3)9-18-13-6-4-12(5-7-13)14(15,16)17/h4-7,10-11,18H,8-9H2,1-3H3. The van der Waals surface area contributed by atoms with Gasteiger partial charge in [0.2, 0.25) is 0 Å². The molecular weight excluding hydrogens is 239 g/mol. The van der Waals surface area contributed by atoms with E-state index in [2.05, 4.69) is 26.1 Å². The van der Waals surface area contributed by atoms with Gasteiger partial charge >= 0.3 is 6.18 Å². The van der Waals surface area contributed by atoms with Gasteiger partial charge in [-0.25, -0.2) is 0 Å². The Kier molecular flexibility index (Phi) is 5.05. The Morgan fingerprint density at radius 3 is 2.06 bits per heavy atom. The van der Waals surface area contributed by atoms with Crippen molar-refractivity contribution in [3.05, 3.63) is 29.8 Å². The lowest BCUT2D eigenvalue weighted by atomic mass is 9.99. The quantitative estimate of drug-likeness (QED) is 0.801. The summed E-state index contributed by atoms with van der Waals surface area (Å²) in [7, 11) is 0. The first-order valence-electron chi connectivity index (χ1n) is 6.20. The van der Waals surface area contributed by atoms with Crippen LogP contribution in [-0.2, 0) is 6.18 Å². The molecule has 0 aliphatic heterocycles. The minimum absolute atomic E-state index is 0.507. The van der Waals surface area contributed by atoms with E-state index in [0.717, 1.165) is 30.8 Å². The third-order valence-electron chi connectivity index (χ3n) is 2.74. The van der Waals surface area contributed by atoms with Gasteiger partial charge in [-0.1, -0.05) is 20.8 Å². The number of hydrogen-bond donors (Lipinski definition) is 1. The van der Waals surface area contributed by atoms with Gasteiger partial charge in [-0.3, -0.25) is 0 Å². The van der Waals surface area contributed by atoms with Crippen molar-refractivity contribution in [2.45, 2.75) is 33.4 Å². The van der Waals surface area contributed by atoms with Crippen LogP contribution in [0.3, 0.4) is 0 Å². The minimum atomic E-state index is -4.26. The zero-order valence-corrected chi connectivity index (χ0v) is 11.0. The summed E-state index contributed by atoms with van der Waals surface area (Å²) in [6.07, 6.45) is -3.16. The van der Waals surface area contributed by atoms with Crippen LogP contribution in [0.25, 0.3) is 0 Å². The van der Waals surface area contributed by atoms with E-state index in [1.54, 1.807) is 0 Å². The van der Waals surface area contributed by atoms with Gasteiger partial charge in [0, 0.05) is 12.2 Å². The molecule has 1 aromatic rings. The second-order valence-electron chi connectivity index (χ2n) is 5.19. The van der Waals surface area contributed by atoms with Gasteiger partial charge in [-0.2, -0.15) is 13.2 Å². The predicted octanol–water partition coefficient (Wildman–Crippen LogP) is 4.80. The zero-order chi connectivity index (χ0) is 13.8. The highest BCUT2D eigenvalue weighted by Crippen LogP contribution is 2.29. The third-order valence-corrected chi connectivity index (χ3v) is 2.74. The molecule has 1 atom stereocenters. The Morgan fingerprint density at radius 1 is 1.06 bits per heavy atom. The first-order chi connectivity index (χ1) is 8.29. The molecule has 4 heteroatoms. The summed E-state index contributed by atoms with van der Waals surface area (Å²) in [5, 5.41) is 3.16. The van der Waals surface area contributed by atoms with Crippen molar-refractivity contribution in [1.29, 1.82) is 0 Å². The van der Waals surface area contributed by atoms with Gasteiger partial charge in [0.05, 0.1) is 5.56 Å². The fourth-order valence-electron chi connectivity index (χ4n) is 1.96.